The second kappa shape index (κ2) is 15.6. The van der Waals surface area contributed by atoms with E-state index in [-0.39, 0.29) is 27.1 Å². The summed E-state index contributed by atoms with van der Waals surface area (Å²) in [6, 6.07) is 65.1. The molecule has 0 radical (unpaired) electrons. The molecule has 8 aromatic rings. The number of rotatable bonds is 6. The fourth-order valence-electron chi connectivity index (χ4n) is 11.3. The van der Waals surface area contributed by atoms with Gasteiger partial charge in [0.2, 0.25) is 0 Å². The van der Waals surface area contributed by atoms with E-state index in [4.69, 9.17) is 0 Å². The van der Waals surface area contributed by atoms with Crippen molar-refractivity contribution >= 4 is 17.1 Å². The predicted octanol–water partition coefficient (Wildman–Crippen LogP) is 18.7. The quantitative estimate of drug-likeness (QED) is 0.161. The van der Waals surface area contributed by atoms with Crippen molar-refractivity contribution in [3.63, 3.8) is 0 Å². The highest BCUT2D eigenvalue weighted by molar-refractivity contribution is 5.92. The Bertz CT molecular complexity index is 3060. The van der Waals surface area contributed by atoms with Crippen molar-refractivity contribution in [2.75, 3.05) is 4.90 Å². The normalized spacial score (nSPS) is 14.6. The number of anilines is 3. The van der Waals surface area contributed by atoms with Crippen molar-refractivity contribution in [2.45, 2.75) is 117 Å². The van der Waals surface area contributed by atoms with E-state index in [1.807, 2.05) is 0 Å². The Morgan fingerprint density at radius 1 is 0.299 bits per heavy atom. The molecule has 0 saturated heterocycles. The lowest BCUT2D eigenvalue weighted by Crippen LogP contribution is -2.18. The van der Waals surface area contributed by atoms with Gasteiger partial charge in [-0.05, 0) is 159 Å². The van der Waals surface area contributed by atoms with Gasteiger partial charge in [0.1, 0.15) is 0 Å². The van der Waals surface area contributed by atoms with Crippen LogP contribution in [0.3, 0.4) is 0 Å². The third kappa shape index (κ3) is 7.56. The summed E-state index contributed by atoms with van der Waals surface area (Å²) in [4.78, 5) is 2.48. The van der Waals surface area contributed by atoms with Gasteiger partial charge in [-0.3, -0.25) is 0 Å². The van der Waals surface area contributed by atoms with Crippen LogP contribution in [-0.2, 0) is 27.1 Å². The highest BCUT2D eigenvalue weighted by Gasteiger charge is 2.38. The summed E-state index contributed by atoms with van der Waals surface area (Å²) in [6.45, 7) is 30.5. The molecule has 0 amide bonds. The Balaban J connectivity index is 1.22. The van der Waals surface area contributed by atoms with Gasteiger partial charge < -0.3 is 4.90 Å². The zero-order valence-corrected chi connectivity index (χ0v) is 42.1. The van der Waals surface area contributed by atoms with Gasteiger partial charge in [-0.1, -0.05) is 211 Å². The average molecular weight is 874 g/mol. The number of nitrogens with zero attached hydrogens (tertiary/aromatic N) is 1. The fraction of sp³-hybridized carbons (Fsp3) is 0.273. The molecule has 336 valence electrons. The van der Waals surface area contributed by atoms with Crippen LogP contribution in [0.2, 0.25) is 0 Å². The van der Waals surface area contributed by atoms with E-state index in [1.165, 1.54) is 94.6 Å². The minimum atomic E-state index is -0.193. The van der Waals surface area contributed by atoms with Crippen molar-refractivity contribution in [3.05, 3.63) is 209 Å². The van der Waals surface area contributed by atoms with Gasteiger partial charge in [0, 0.05) is 27.9 Å². The van der Waals surface area contributed by atoms with Crippen molar-refractivity contribution in [2.24, 2.45) is 0 Å². The van der Waals surface area contributed by atoms with Gasteiger partial charge in [-0.25, -0.2) is 0 Å². The van der Waals surface area contributed by atoms with Crippen molar-refractivity contribution in [3.8, 4) is 55.6 Å². The molecule has 67 heavy (non-hydrogen) atoms. The highest BCUT2D eigenvalue weighted by atomic mass is 15.1. The molecule has 0 fully saturated rings. The van der Waals surface area contributed by atoms with Crippen LogP contribution in [0.15, 0.2) is 170 Å². The molecule has 0 bridgehead atoms. The van der Waals surface area contributed by atoms with Crippen LogP contribution in [0.1, 0.15) is 129 Å². The maximum Gasteiger partial charge on any atom is 0.0474 e. The third-order valence-corrected chi connectivity index (χ3v) is 15.1. The Morgan fingerprint density at radius 2 is 0.642 bits per heavy atom. The van der Waals surface area contributed by atoms with Crippen LogP contribution in [0.4, 0.5) is 17.1 Å². The Morgan fingerprint density at radius 3 is 1.04 bits per heavy atom. The molecule has 2 aliphatic carbocycles. The highest BCUT2D eigenvalue weighted by Crippen LogP contribution is 2.54. The lowest BCUT2D eigenvalue weighted by atomic mass is 9.75. The van der Waals surface area contributed by atoms with Gasteiger partial charge in [0.15, 0.2) is 0 Å². The number of hydrogen-bond acceptors (Lipinski definition) is 1. The molecule has 2 aliphatic rings. The average Bonchev–Trinajstić information content (AvgIpc) is 3.67. The second-order valence-electron chi connectivity index (χ2n) is 23.5. The molecule has 10 rings (SSSR count). The van der Waals surface area contributed by atoms with Crippen molar-refractivity contribution in [1.29, 1.82) is 0 Å². The van der Waals surface area contributed by atoms with Crippen LogP contribution < -0.4 is 4.90 Å². The molecule has 8 aromatic carbocycles. The maximum atomic E-state index is 2.51. The molecule has 0 spiro atoms. The van der Waals surface area contributed by atoms with Gasteiger partial charge in [-0.2, -0.15) is 0 Å². The van der Waals surface area contributed by atoms with Gasteiger partial charge in [0.25, 0.3) is 0 Å². The molecule has 0 saturated carbocycles. The first kappa shape index (κ1) is 44.4. The lowest BCUT2D eigenvalue weighted by molar-refractivity contribution is 0.590. The first-order chi connectivity index (χ1) is 31.6. The summed E-state index contributed by atoms with van der Waals surface area (Å²) in [5, 5.41) is 0. The summed E-state index contributed by atoms with van der Waals surface area (Å²) in [6.07, 6.45) is 0. The zero-order valence-electron chi connectivity index (χ0n) is 42.1. The monoisotopic (exact) mass is 874 g/mol. The van der Waals surface area contributed by atoms with E-state index < -0.39 is 0 Å². The van der Waals surface area contributed by atoms with E-state index in [1.54, 1.807) is 0 Å². The summed E-state index contributed by atoms with van der Waals surface area (Å²) in [5.41, 5.74) is 25.5. The maximum absolute atomic E-state index is 2.51. The summed E-state index contributed by atoms with van der Waals surface area (Å²) >= 11 is 0. The van der Waals surface area contributed by atoms with E-state index in [0.717, 1.165) is 17.1 Å². The Labute approximate surface area is 401 Å². The third-order valence-electron chi connectivity index (χ3n) is 15.1. The molecule has 0 aromatic heterocycles. The van der Waals surface area contributed by atoms with Crippen molar-refractivity contribution < 1.29 is 0 Å². The number of fused-ring (bicyclic) bond motifs is 6. The Hall–Kier alpha value is -6.44. The van der Waals surface area contributed by atoms with E-state index in [0.29, 0.717) is 0 Å². The molecule has 0 heterocycles. The van der Waals surface area contributed by atoms with Crippen LogP contribution in [0.25, 0.3) is 55.6 Å². The minimum absolute atomic E-state index is 0.0320. The molecule has 0 unspecified atom stereocenters. The SMILES string of the molecule is CC(C)(C)c1ccc(-c2ccc(N(c3ccc(C(C)(C)C)cc3)c3cc(-c4ccc5c(c4)C(C)(C)c4ccccc4-5)c(C(C)(C)C)c(-c4ccc5c(c4)C(C)(C)c4ccccc4-5)c3)cc2)cc1. The number of benzene rings is 8. The van der Waals surface area contributed by atoms with E-state index in [2.05, 4.69) is 265 Å². The fourth-order valence-corrected chi connectivity index (χ4v) is 11.3. The minimum Gasteiger partial charge on any atom is -0.310 e. The van der Waals surface area contributed by atoms with Gasteiger partial charge in [-0.15, -0.1) is 0 Å². The van der Waals surface area contributed by atoms with Crippen LogP contribution in [0, 0.1) is 0 Å². The van der Waals surface area contributed by atoms with E-state index >= 15 is 0 Å². The lowest BCUT2D eigenvalue weighted by Gasteiger charge is -2.33. The standard InChI is InChI=1S/C66H67N/c1-62(2,3)46-28-22-42(23-29-46)43-24-32-48(33-25-43)67(49-34-30-47(31-35-49)63(4,5)6)50-40-55(44-26-36-53-51-18-14-16-20-57(51)65(10,11)59(53)38-44)61(64(7,8)9)56(41-50)45-27-37-54-52-19-15-17-21-58(52)66(12,13)60(54)39-45/h14-41H,1-13H3. The molecule has 0 N–H and O–H groups in total. The smallest absolute Gasteiger partial charge is 0.0474 e. The molecule has 1 heteroatoms. The molecular formula is C66H67N. The predicted molar refractivity (Wildman–Crippen MR) is 289 cm³/mol. The molecular weight excluding hydrogens is 807 g/mol. The summed E-state index contributed by atoms with van der Waals surface area (Å²) < 4.78 is 0. The zero-order chi connectivity index (χ0) is 47.4. The summed E-state index contributed by atoms with van der Waals surface area (Å²) in [7, 11) is 0. The summed E-state index contributed by atoms with van der Waals surface area (Å²) in [5.74, 6) is 0. The topological polar surface area (TPSA) is 3.24 Å². The van der Waals surface area contributed by atoms with Crippen LogP contribution in [0.5, 0.6) is 0 Å². The first-order valence-corrected chi connectivity index (χ1v) is 24.4. The van der Waals surface area contributed by atoms with Gasteiger partial charge >= 0.3 is 0 Å². The first-order valence-electron chi connectivity index (χ1n) is 24.4. The van der Waals surface area contributed by atoms with Crippen LogP contribution in [-0.4, -0.2) is 0 Å². The van der Waals surface area contributed by atoms with Crippen molar-refractivity contribution in [1.82, 2.24) is 0 Å². The van der Waals surface area contributed by atoms with Crippen LogP contribution >= 0.6 is 0 Å². The molecule has 0 aliphatic heterocycles. The second-order valence-corrected chi connectivity index (χ2v) is 23.5. The van der Waals surface area contributed by atoms with Gasteiger partial charge in [0.05, 0.1) is 0 Å². The molecule has 1 nitrogen and oxygen atoms in total. The largest absolute Gasteiger partial charge is 0.310 e. The molecule has 0 atom stereocenters. The Kier molecular flexibility index (Phi) is 10.3. The number of hydrogen-bond donors (Lipinski definition) is 0. The van der Waals surface area contributed by atoms with E-state index in [9.17, 15) is 0 Å².